The molecule has 0 aromatic heterocycles. The van der Waals surface area contributed by atoms with Crippen molar-refractivity contribution in [3.8, 4) is 5.75 Å². The fourth-order valence-electron chi connectivity index (χ4n) is 2.21. The Hall–Kier alpha value is -1.75. The van der Waals surface area contributed by atoms with E-state index in [4.69, 9.17) is 27.9 Å². The first-order valence-corrected chi connectivity index (χ1v) is 8.35. The van der Waals surface area contributed by atoms with E-state index < -0.39 is 0 Å². The topological polar surface area (TPSA) is 50.4 Å². The second-order valence-corrected chi connectivity index (χ2v) is 6.18. The summed E-state index contributed by atoms with van der Waals surface area (Å²) < 4.78 is 5.25. The molecule has 24 heavy (non-hydrogen) atoms. The lowest BCUT2D eigenvalue weighted by Gasteiger charge is -2.12. The van der Waals surface area contributed by atoms with E-state index in [9.17, 15) is 4.79 Å². The highest BCUT2D eigenvalue weighted by Gasteiger charge is 2.10. The van der Waals surface area contributed by atoms with Gasteiger partial charge in [-0.1, -0.05) is 41.4 Å². The molecule has 2 N–H and O–H groups in total. The predicted octanol–water partition coefficient (Wildman–Crippen LogP) is 4.43. The zero-order chi connectivity index (χ0) is 17.5. The summed E-state index contributed by atoms with van der Waals surface area (Å²) in [5, 5.41) is 7.38. The van der Waals surface area contributed by atoms with Gasteiger partial charge in [0.25, 0.3) is 0 Å². The SMILES string of the molecule is COc1cc(Cl)c(C)cc1NC(=O)CCNCc1ccccc1Cl. The van der Waals surface area contributed by atoms with E-state index in [0.717, 1.165) is 16.1 Å². The largest absolute Gasteiger partial charge is 0.495 e. The highest BCUT2D eigenvalue weighted by Crippen LogP contribution is 2.30. The molecule has 0 radical (unpaired) electrons. The van der Waals surface area contributed by atoms with Crippen LogP contribution in [-0.2, 0) is 11.3 Å². The number of carbonyl (C=O) groups excluding carboxylic acids is 1. The molecule has 4 nitrogen and oxygen atoms in total. The van der Waals surface area contributed by atoms with E-state index >= 15 is 0 Å². The van der Waals surface area contributed by atoms with Crippen LogP contribution in [0.2, 0.25) is 10.0 Å². The molecule has 0 atom stereocenters. The van der Waals surface area contributed by atoms with Crippen molar-refractivity contribution in [2.45, 2.75) is 19.9 Å². The van der Waals surface area contributed by atoms with E-state index in [-0.39, 0.29) is 5.91 Å². The fourth-order valence-corrected chi connectivity index (χ4v) is 2.57. The molecule has 2 rings (SSSR count). The minimum absolute atomic E-state index is 0.0957. The van der Waals surface area contributed by atoms with Gasteiger partial charge in [0.1, 0.15) is 5.75 Å². The molecule has 0 fully saturated rings. The molecule has 0 aliphatic carbocycles. The van der Waals surface area contributed by atoms with Crippen LogP contribution < -0.4 is 15.4 Å². The maximum Gasteiger partial charge on any atom is 0.225 e. The van der Waals surface area contributed by atoms with Crippen molar-refractivity contribution >= 4 is 34.8 Å². The maximum atomic E-state index is 12.1. The summed E-state index contributed by atoms with van der Waals surface area (Å²) in [5.41, 5.74) is 2.51. The lowest BCUT2D eigenvalue weighted by atomic mass is 10.2. The second-order valence-electron chi connectivity index (χ2n) is 5.37. The van der Waals surface area contributed by atoms with Gasteiger partial charge < -0.3 is 15.4 Å². The predicted molar refractivity (Wildman–Crippen MR) is 99.1 cm³/mol. The second kappa shape index (κ2) is 8.92. The van der Waals surface area contributed by atoms with Crippen LogP contribution in [0.4, 0.5) is 5.69 Å². The van der Waals surface area contributed by atoms with Gasteiger partial charge >= 0.3 is 0 Å². The average molecular weight is 367 g/mol. The van der Waals surface area contributed by atoms with Crippen LogP contribution >= 0.6 is 23.2 Å². The lowest BCUT2D eigenvalue weighted by molar-refractivity contribution is -0.116. The van der Waals surface area contributed by atoms with Gasteiger partial charge in [-0.3, -0.25) is 4.79 Å². The zero-order valence-corrected chi connectivity index (χ0v) is 15.2. The third kappa shape index (κ3) is 5.13. The van der Waals surface area contributed by atoms with Crippen LogP contribution in [0.15, 0.2) is 36.4 Å². The van der Waals surface area contributed by atoms with E-state index in [1.54, 1.807) is 19.2 Å². The molecule has 0 aliphatic heterocycles. The Bertz CT molecular complexity index is 720. The van der Waals surface area contributed by atoms with Crippen LogP contribution in [0.5, 0.6) is 5.75 Å². The number of hydrogen-bond donors (Lipinski definition) is 2. The molecule has 0 unspecified atom stereocenters. The standard InChI is InChI=1S/C18H20Cl2N2O2/c1-12-9-16(17(24-2)10-15(12)20)22-18(23)7-8-21-11-13-5-3-4-6-14(13)19/h3-6,9-10,21H,7-8,11H2,1-2H3,(H,22,23). The molecule has 0 saturated carbocycles. The first-order chi connectivity index (χ1) is 11.5. The summed E-state index contributed by atoms with van der Waals surface area (Å²) in [5.74, 6) is 0.449. The van der Waals surface area contributed by atoms with Crippen molar-refractivity contribution < 1.29 is 9.53 Å². The third-order valence-corrected chi connectivity index (χ3v) is 4.33. The Labute approximate surface area is 152 Å². The van der Waals surface area contributed by atoms with Crippen LogP contribution in [0.25, 0.3) is 0 Å². The van der Waals surface area contributed by atoms with Gasteiger partial charge in [0.2, 0.25) is 5.91 Å². The molecular formula is C18H20Cl2N2O2. The van der Waals surface area contributed by atoms with E-state index in [2.05, 4.69) is 10.6 Å². The Morgan fingerprint density at radius 1 is 1.17 bits per heavy atom. The van der Waals surface area contributed by atoms with Gasteiger partial charge in [-0.25, -0.2) is 0 Å². The van der Waals surface area contributed by atoms with E-state index in [0.29, 0.717) is 36.0 Å². The number of hydrogen-bond acceptors (Lipinski definition) is 3. The third-order valence-electron chi connectivity index (χ3n) is 3.56. The average Bonchev–Trinajstić information content (AvgIpc) is 2.56. The monoisotopic (exact) mass is 366 g/mol. The summed E-state index contributed by atoms with van der Waals surface area (Å²) in [4.78, 5) is 12.1. The lowest BCUT2D eigenvalue weighted by Crippen LogP contribution is -2.21. The van der Waals surface area contributed by atoms with Gasteiger partial charge in [0.05, 0.1) is 12.8 Å². The van der Waals surface area contributed by atoms with Crippen molar-refractivity contribution in [1.29, 1.82) is 0 Å². The molecule has 2 aromatic carbocycles. The number of ether oxygens (including phenoxy) is 1. The molecule has 0 saturated heterocycles. The van der Waals surface area contributed by atoms with E-state index in [1.807, 2.05) is 31.2 Å². The van der Waals surface area contributed by atoms with Crippen LogP contribution in [0, 0.1) is 6.92 Å². The van der Waals surface area contributed by atoms with E-state index in [1.165, 1.54) is 0 Å². The quantitative estimate of drug-likeness (QED) is 0.712. The number of anilines is 1. The van der Waals surface area contributed by atoms with Gasteiger partial charge in [0.15, 0.2) is 0 Å². The minimum atomic E-state index is -0.0957. The molecule has 0 spiro atoms. The summed E-state index contributed by atoms with van der Waals surface area (Å²) in [6.07, 6.45) is 0.343. The number of amides is 1. The van der Waals surface area contributed by atoms with Gasteiger partial charge in [-0.05, 0) is 30.2 Å². The molecule has 1 amide bonds. The molecule has 128 valence electrons. The summed E-state index contributed by atoms with van der Waals surface area (Å²) in [6, 6.07) is 11.1. The summed E-state index contributed by atoms with van der Waals surface area (Å²) in [7, 11) is 1.54. The number of benzene rings is 2. The molecule has 0 heterocycles. The zero-order valence-electron chi connectivity index (χ0n) is 13.7. The number of carbonyl (C=O) groups is 1. The van der Waals surface area contributed by atoms with Crippen LogP contribution in [0.1, 0.15) is 17.5 Å². The number of methoxy groups -OCH3 is 1. The first kappa shape index (κ1) is 18.6. The first-order valence-electron chi connectivity index (χ1n) is 7.59. The Morgan fingerprint density at radius 2 is 1.92 bits per heavy atom. The molecular weight excluding hydrogens is 347 g/mol. The number of nitrogens with one attached hydrogen (secondary N) is 2. The van der Waals surface area contributed by atoms with Crippen molar-refractivity contribution in [2.75, 3.05) is 19.0 Å². The Morgan fingerprint density at radius 3 is 2.62 bits per heavy atom. The van der Waals surface area contributed by atoms with Crippen molar-refractivity contribution in [2.24, 2.45) is 0 Å². The maximum absolute atomic E-state index is 12.1. The Balaban J connectivity index is 1.84. The van der Waals surface area contributed by atoms with Crippen molar-refractivity contribution in [3.05, 3.63) is 57.6 Å². The molecule has 2 aromatic rings. The molecule has 0 aliphatic rings. The van der Waals surface area contributed by atoms with Gasteiger partial charge in [-0.15, -0.1) is 0 Å². The Kier molecular flexibility index (Phi) is 6.91. The highest BCUT2D eigenvalue weighted by atomic mass is 35.5. The summed E-state index contributed by atoms with van der Waals surface area (Å²) in [6.45, 7) is 3.05. The normalized spacial score (nSPS) is 10.5. The number of aryl methyl sites for hydroxylation is 1. The van der Waals surface area contributed by atoms with Gasteiger partial charge in [-0.2, -0.15) is 0 Å². The number of rotatable bonds is 7. The number of halogens is 2. The fraction of sp³-hybridized carbons (Fsp3) is 0.278. The highest BCUT2D eigenvalue weighted by molar-refractivity contribution is 6.31. The molecule has 0 bridgehead atoms. The van der Waals surface area contributed by atoms with Crippen molar-refractivity contribution in [1.82, 2.24) is 5.32 Å². The van der Waals surface area contributed by atoms with Crippen molar-refractivity contribution in [3.63, 3.8) is 0 Å². The summed E-state index contributed by atoms with van der Waals surface area (Å²) >= 11 is 12.2. The minimum Gasteiger partial charge on any atom is -0.495 e. The van der Waals surface area contributed by atoms with Gasteiger partial charge in [0, 0.05) is 35.6 Å². The van der Waals surface area contributed by atoms with Crippen LogP contribution in [-0.4, -0.2) is 19.6 Å². The molecule has 6 heteroatoms. The van der Waals surface area contributed by atoms with Crippen LogP contribution in [0.3, 0.4) is 0 Å². The smallest absolute Gasteiger partial charge is 0.225 e.